The molecular formula is C54H84O23. The van der Waals surface area contributed by atoms with E-state index in [0.717, 1.165) is 5.57 Å². The Morgan fingerprint density at radius 2 is 1.36 bits per heavy atom. The van der Waals surface area contributed by atoms with E-state index >= 15 is 0 Å². The monoisotopic (exact) mass is 1100 g/mol. The number of allylic oxidation sites excluding steroid dienone is 2. The van der Waals surface area contributed by atoms with Crippen LogP contribution in [0.5, 0.6) is 0 Å². The van der Waals surface area contributed by atoms with Gasteiger partial charge in [0.15, 0.2) is 31.1 Å². The van der Waals surface area contributed by atoms with Crippen molar-refractivity contribution in [3.8, 4) is 0 Å². The maximum Gasteiger partial charge on any atom is 0.335 e. The van der Waals surface area contributed by atoms with E-state index in [0.29, 0.717) is 38.5 Å². The second kappa shape index (κ2) is 21.5. The number of ether oxygens (including phenoxy) is 8. The molecule has 0 aromatic carbocycles. The third-order valence-electron chi connectivity index (χ3n) is 20.6. The van der Waals surface area contributed by atoms with Gasteiger partial charge < -0.3 is 99.2 Å². The minimum absolute atomic E-state index is 0.143. The summed E-state index contributed by atoms with van der Waals surface area (Å²) < 4.78 is 48.5. The number of hydrogen-bond acceptors (Lipinski definition) is 22. The van der Waals surface area contributed by atoms with Crippen molar-refractivity contribution in [2.45, 2.75) is 224 Å². The van der Waals surface area contributed by atoms with Crippen molar-refractivity contribution in [2.24, 2.45) is 50.2 Å². The normalized spacial score (nSPS) is 50.4. The predicted octanol–water partition coefficient (Wildman–Crippen LogP) is -0.684. The van der Waals surface area contributed by atoms with Gasteiger partial charge in [-0.2, -0.15) is 0 Å². The molecular weight excluding hydrogens is 1020 g/mol. The van der Waals surface area contributed by atoms with Gasteiger partial charge in [0.2, 0.25) is 0 Å². The SMILES string of the molecule is CC=C(C)C(=O)OC1C(OC(C)=O)C(C)(C)CC2C3=CCC4C5(C)CCC(OC6OC(C(=O)O)C(O)C(OC7OCC(O)C(O)C7O)C6OC6OC(CO)C(O)C(O)C6O)C(C)(C)C5CCC4(C)C3(C)C(O)C(O)C21CO. The highest BCUT2D eigenvalue weighted by atomic mass is 16.8. The molecule has 0 radical (unpaired) electrons. The van der Waals surface area contributed by atoms with Crippen LogP contribution in [0, 0.1) is 50.2 Å². The molecule has 5 aliphatic carbocycles. The minimum atomic E-state index is -2.12. The molecule has 8 rings (SSSR count). The van der Waals surface area contributed by atoms with Crippen molar-refractivity contribution >= 4 is 17.9 Å². The van der Waals surface area contributed by atoms with Crippen molar-refractivity contribution < 1.29 is 114 Å². The Labute approximate surface area is 448 Å². The van der Waals surface area contributed by atoms with Gasteiger partial charge in [-0.1, -0.05) is 66.2 Å². The first-order valence-electron chi connectivity index (χ1n) is 27.0. The number of carboxylic acid groups (broad SMARTS) is 1. The van der Waals surface area contributed by atoms with Crippen LogP contribution in [-0.2, 0) is 52.3 Å². The fourth-order valence-corrected chi connectivity index (χ4v) is 16.0. The van der Waals surface area contributed by atoms with E-state index in [4.69, 9.17) is 37.9 Å². The topological polar surface area (TPSA) is 368 Å². The Balaban J connectivity index is 1.13. The minimum Gasteiger partial charge on any atom is -0.479 e. The average Bonchev–Trinajstić information content (AvgIpc) is 3.57. The molecule has 26 atom stereocenters. The zero-order chi connectivity index (χ0) is 57.0. The molecule has 77 heavy (non-hydrogen) atoms. The van der Waals surface area contributed by atoms with Gasteiger partial charge in [0, 0.05) is 23.3 Å². The summed E-state index contributed by atoms with van der Waals surface area (Å²) in [5.74, 6) is -3.95. The summed E-state index contributed by atoms with van der Waals surface area (Å²) in [4.78, 5) is 39.3. The molecule has 4 saturated carbocycles. The maximum atomic E-state index is 13.7. The lowest BCUT2D eigenvalue weighted by Crippen LogP contribution is -2.76. The van der Waals surface area contributed by atoms with Crippen molar-refractivity contribution in [3.63, 3.8) is 0 Å². The quantitative estimate of drug-likeness (QED) is 0.0498. The van der Waals surface area contributed by atoms with E-state index in [-0.39, 0.29) is 17.4 Å². The van der Waals surface area contributed by atoms with Crippen LogP contribution in [0.2, 0.25) is 0 Å². The van der Waals surface area contributed by atoms with Crippen LogP contribution in [0.1, 0.15) is 108 Å². The Morgan fingerprint density at radius 3 is 1.97 bits per heavy atom. The number of aliphatic hydroxyl groups excluding tert-OH is 11. The number of rotatable bonds is 12. The predicted molar refractivity (Wildman–Crippen MR) is 263 cm³/mol. The van der Waals surface area contributed by atoms with Gasteiger partial charge >= 0.3 is 17.9 Å². The fourth-order valence-electron chi connectivity index (χ4n) is 16.0. The van der Waals surface area contributed by atoms with Crippen LogP contribution in [0.3, 0.4) is 0 Å². The molecule has 3 saturated heterocycles. The molecule has 23 heteroatoms. The molecule has 438 valence electrons. The molecule has 3 aliphatic heterocycles. The van der Waals surface area contributed by atoms with Gasteiger partial charge in [-0.25, -0.2) is 9.59 Å². The van der Waals surface area contributed by atoms with E-state index < -0.39 is 193 Å². The number of carbonyl (C=O) groups excluding carboxylic acids is 2. The first kappa shape index (κ1) is 60.3. The zero-order valence-corrected chi connectivity index (χ0v) is 45.6. The van der Waals surface area contributed by atoms with E-state index in [2.05, 4.69) is 19.9 Å². The first-order valence-corrected chi connectivity index (χ1v) is 27.0. The third-order valence-corrected chi connectivity index (χ3v) is 20.6. The summed E-state index contributed by atoms with van der Waals surface area (Å²) in [6.07, 6.45) is -25.8. The number of aliphatic hydroxyl groups is 11. The number of fused-ring (bicyclic) bond motifs is 7. The van der Waals surface area contributed by atoms with Crippen LogP contribution in [0.25, 0.3) is 0 Å². The molecule has 7 fully saturated rings. The van der Waals surface area contributed by atoms with Gasteiger partial charge in [-0.3, -0.25) is 4.79 Å². The van der Waals surface area contributed by atoms with E-state index in [9.17, 15) is 75.7 Å². The van der Waals surface area contributed by atoms with Crippen LogP contribution >= 0.6 is 0 Å². The number of esters is 2. The Bertz CT molecular complexity index is 2250. The van der Waals surface area contributed by atoms with Gasteiger partial charge in [0.05, 0.1) is 43.5 Å². The molecule has 0 bridgehead atoms. The summed E-state index contributed by atoms with van der Waals surface area (Å²) in [5, 5.41) is 134. The Hall–Kier alpha value is -2.79. The third kappa shape index (κ3) is 9.45. The van der Waals surface area contributed by atoms with E-state index in [1.165, 1.54) is 6.92 Å². The lowest BCUT2D eigenvalue weighted by Gasteiger charge is -2.73. The highest BCUT2D eigenvalue weighted by Gasteiger charge is 2.76. The van der Waals surface area contributed by atoms with Crippen LogP contribution in [0.15, 0.2) is 23.3 Å². The molecule has 12 N–H and O–H groups in total. The molecule has 0 spiro atoms. The number of hydrogen-bond donors (Lipinski definition) is 12. The van der Waals surface area contributed by atoms with Crippen molar-refractivity contribution in [1.29, 1.82) is 0 Å². The highest BCUT2D eigenvalue weighted by molar-refractivity contribution is 5.88. The lowest BCUT2D eigenvalue weighted by molar-refractivity contribution is -0.392. The standard InChI is InChI=1S/C54H84O23/c1-11-22(2)45(69)77-43-42(71-23(3)57)49(4,5)18-25-24-12-13-29-51(8)16-15-30(50(6,7)28(51)14-17-52(29,9)53(24,10)40(65)41(66)54(25,43)21-56)73-48-39(76-47-35(63)33(61)32(60)27(19-55)72-47)37(36(64)38(75-48)44(67)68)74-46-34(62)31(59)26(58)20-70-46/h11-12,25-43,46-48,55-56,58-66H,13-21H2,1-10H3,(H,67,68). The molecule has 8 aliphatic rings. The largest absolute Gasteiger partial charge is 0.479 e. The van der Waals surface area contributed by atoms with Gasteiger partial charge in [-0.15, -0.1) is 0 Å². The molecule has 26 unspecified atom stereocenters. The highest BCUT2D eigenvalue weighted by Crippen LogP contribution is 2.76. The van der Waals surface area contributed by atoms with Gasteiger partial charge in [0.1, 0.15) is 67.1 Å². The second-order valence-electron chi connectivity index (χ2n) is 25.3. The molecule has 23 nitrogen and oxygen atoms in total. The van der Waals surface area contributed by atoms with Crippen LogP contribution in [-0.4, -0.2) is 216 Å². The first-order chi connectivity index (χ1) is 35.8. The molecule has 0 aromatic heterocycles. The van der Waals surface area contributed by atoms with E-state index in [1.807, 2.05) is 34.6 Å². The lowest BCUT2D eigenvalue weighted by atomic mass is 9.32. The average molecular weight is 1100 g/mol. The van der Waals surface area contributed by atoms with Gasteiger partial charge in [-0.05, 0) is 86.4 Å². The number of carboxylic acids is 1. The Morgan fingerprint density at radius 1 is 0.714 bits per heavy atom. The smallest absolute Gasteiger partial charge is 0.335 e. The molecule has 0 aromatic rings. The van der Waals surface area contributed by atoms with Crippen molar-refractivity contribution in [3.05, 3.63) is 23.3 Å². The van der Waals surface area contributed by atoms with Gasteiger partial charge in [0.25, 0.3) is 0 Å². The molecule has 3 heterocycles. The zero-order valence-electron chi connectivity index (χ0n) is 45.6. The number of carbonyl (C=O) groups is 3. The summed E-state index contributed by atoms with van der Waals surface area (Å²) in [6, 6.07) is 0. The summed E-state index contributed by atoms with van der Waals surface area (Å²) in [7, 11) is 0. The molecule has 0 amide bonds. The van der Waals surface area contributed by atoms with Crippen LogP contribution in [0.4, 0.5) is 0 Å². The van der Waals surface area contributed by atoms with Crippen molar-refractivity contribution in [1.82, 2.24) is 0 Å². The van der Waals surface area contributed by atoms with Crippen LogP contribution < -0.4 is 0 Å². The second-order valence-corrected chi connectivity index (χ2v) is 25.3. The van der Waals surface area contributed by atoms with Crippen molar-refractivity contribution in [2.75, 3.05) is 19.8 Å². The summed E-state index contributed by atoms with van der Waals surface area (Å²) in [6.45, 7) is 16.5. The summed E-state index contributed by atoms with van der Waals surface area (Å²) in [5.41, 5.74) is -4.58. The summed E-state index contributed by atoms with van der Waals surface area (Å²) >= 11 is 0. The fraction of sp³-hybridized carbons (Fsp3) is 0.870. The maximum absolute atomic E-state index is 13.7. The van der Waals surface area contributed by atoms with E-state index in [1.54, 1.807) is 19.9 Å². The number of aliphatic carboxylic acids is 1. The Kier molecular flexibility index (Phi) is 16.8.